The summed E-state index contributed by atoms with van der Waals surface area (Å²) >= 11 is 9.02. The van der Waals surface area contributed by atoms with Gasteiger partial charge in [-0.3, -0.25) is 15.0 Å². The predicted octanol–water partition coefficient (Wildman–Crippen LogP) is 4.85. The molecule has 1 saturated heterocycles. The number of pyridine rings is 1. The van der Waals surface area contributed by atoms with Crippen molar-refractivity contribution in [3.05, 3.63) is 80.6 Å². The van der Waals surface area contributed by atoms with Crippen LogP contribution in [0.5, 0.6) is 0 Å². The number of rotatable bonds is 6. The first-order chi connectivity index (χ1) is 15.5. The number of carbonyl (C=O) groups excluding carboxylic acids is 2. The molecule has 3 aromatic rings. The lowest BCUT2D eigenvalue weighted by molar-refractivity contribution is 0.0993. The van der Waals surface area contributed by atoms with Crippen LogP contribution in [0.15, 0.2) is 54.0 Å². The Morgan fingerprint density at radius 2 is 1.78 bits per heavy atom. The number of hydrogen-bond acceptors (Lipinski definition) is 6. The van der Waals surface area contributed by atoms with Crippen LogP contribution in [0, 0.1) is 5.41 Å². The smallest absolute Gasteiger partial charge is 0.267 e. The minimum atomic E-state index is -0.305. The SMILES string of the molecule is N=C(c1ccc(C(=O)Cc2ccsc2C(=O)Nc2ccc(Cl)cn2)cc1)N1CCSCC1. The molecule has 0 bridgehead atoms. The normalized spacial score (nSPS) is 13.6. The van der Waals surface area contributed by atoms with Gasteiger partial charge in [-0.2, -0.15) is 11.8 Å². The van der Waals surface area contributed by atoms with Gasteiger partial charge in [-0.05, 0) is 29.1 Å². The fraction of sp³-hybridized carbons (Fsp3) is 0.217. The van der Waals surface area contributed by atoms with Gasteiger partial charge in [0.2, 0.25) is 0 Å². The average Bonchev–Trinajstić information content (AvgIpc) is 3.29. The lowest BCUT2D eigenvalue weighted by Gasteiger charge is -2.28. The van der Waals surface area contributed by atoms with Crippen LogP contribution in [-0.2, 0) is 6.42 Å². The monoisotopic (exact) mass is 484 g/mol. The van der Waals surface area contributed by atoms with E-state index in [1.165, 1.54) is 17.5 Å². The first kappa shape index (κ1) is 22.5. The third-order valence-electron chi connectivity index (χ3n) is 5.08. The molecule has 0 spiro atoms. The third kappa shape index (κ3) is 5.38. The molecule has 1 amide bonds. The summed E-state index contributed by atoms with van der Waals surface area (Å²) in [4.78, 5) is 32.1. The quantitative estimate of drug-likeness (QED) is 0.297. The highest BCUT2D eigenvalue weighted by molar-refractivity contribution is 7.99. The van der Waals surface area contributed by atoms with Crippen molar-refractivity contribution >= 4 is 58.0 Å². The number of aromatic nitrogens is 1. The van der Waals surface area contributed by atoms with E-state index in [0.29, 0.717) is 32.7 Å². The topological polar surface area (TPSA) is 86.1 Å². The van der Waals surface area contributed by atoms with Crippen molar-refractivity contribution in [1.29, 1.82) is 5.41 Å². The summed E-state index contributed by atoms with van der Waals surface area (Å²) in [5, 5.41) is 13.4. The Morgan fingerprint density at radius 1 is 1.06 bits per heavy atom. The average molecular weight is 485 g/mol. The van der Waals surface area contributed by atoms with E-state index >= 15 is 0 Å². The molecule has 0 aliphatic carbocycles. The summed E-state index contributed by atoms with van der Waals surface area (Å²) in [6.45, 7) is 1.75. The van der Waals surface area contributed by atoms with Gasteiger partial charge in [0.05, 0.1) is 9.90 Å². The highest BCUT2D eigenvalue weighted by Crippen LogP contribution is 2.21. The van der Waals surface area contributed by atoms with Crippen molar-refractivity contribution in [2.45, 2.75) is 6.42 Å². The largest absolute Gasteiger partial charge is 0.355 e. The molecular weight excluding hydrogens is 464 g/mol. The number of amidine groups is 1. The Hall–Kier alpha value is -2.68. The van der Waals surface area contributed by atoms with Crippen LogP contribution >= 0.6 is 34.7 Å². The van der Waals surface area contributed by atoms with E-state index in [-0.39, 0.29) is 18.1 Å². The van der Waals surface area contributed by atoms with Gasteiger partial charge in [0.1, 0.15) is 11.7 Å². The number of amides is 1. The Morgan fingerprint density at radius 3 is 2.47 bits per heavy atom. The maximum absolute atomic E-state index is 12.8. The standard InChI is InChI=1S/C23H21ClN4O2S2/c24-18-5-6-20(26-14-18)27-23(30)21-17(7-10-32-21)13-19(29)15-1-3-16(4-2-15)22(25)28-8-11-31-12-9-28/h1-7,10,14,25H,8-9,11-13H2,(H,26,27,30). The molecule has 6 nitrogen and oxygen atoms in total. The molecule has 0 saturated carbocycles. The second-order valence-corrected chi connectivity index (χ2v) is 9.79. The zero-order valence-corrected chi connectivity index (χ0v) is 19.5. The number of thioether (sulfide) groups is 1. The maximum atomic E-state index is 12.8. The molecule has 32 heavy (non-hydrogen) atoms. The number of Topliss-reactive ketones (excluding diaryl/α,β-unsaturated/α-hetero) is 1. The number of ketones is 1. The van der Waals surface area contributed by atoms with Crippen molar-refractivity contribution in [1.82, 2.24) is 9.88 Å². The fourth-order valence-electron chi connectivity index (χ4n) is 3.36. The Labute approximate surface area is 199 Å². The van der Waals surface area contributed by atoms with E-state index in [1.54, 1.807) is 35.7 Å². The zero-order chi connectivity index (χ0) is 22.5. The van der Waals surface area contributed by atoms with Gasteiger partial charge >= 0.3 is 0 Å². The maximum Gasteiger partial charge on any atom is 0.267 e. The highest BCUT2D eigenvalue weighted by atomic mass is 35.5. The van der Waals surface area contributed by atoms with Gasteiger partial charge < -0.3 is 10.2 Å². The summed E-state index contributed by atoms with van der Waals surface area (Å²) in [7, 11) is 0. The predicted molar refractivity (Wildman–Crippen MR) is 132 cm³/mol. The zero-order valence-electron chi connectivity index (χ0n) is 17.1. The van der Waals surface area contributed by atoms with E-state index in [2.05, 4.69) is 15.2 Å². The molecule has 0 unspecified atom stereocenters. The molecule has 9 heteroatoms. The fourth-order valence-corrected chi connectivity index (χ4v) is 5.19. The molecule has 4 rings (SSSR count). The lowest BCUT2D eigenvalue weighted by atomic mass is 10.0. The minimum absolute atomic E-state index is 0.0745. The molecule has 2 N–H and O–H groups in total. The molecule has 1 aromatic carbocycles. The Kier molecular flexibility index (Phi) is 7.24. The molecule has 1 aliphatic rings. The van der Waals surface area contributed by atoms with Crippen LogP contribution in [0.2, 0.25) is 5.02 Å². The van der Waals surface area contributed by atoms with Gasteiger partial charge in [0, 0.05) is 48.3 Å². The van der Waals surface area contributed by atoms with Crippen molar-refractivity contribution < 1.29 is 9.59 Å². The molecule has 2 aromatic heterocycles. The third-order valence-corrected chi connectivity index (χ3v) is 7.20. The second kappa shape index (κ2) is 10.3. The minimum Gasteiger partial charge on any atom is -0.355 e. The molecule has 0 radical (unpaired) electrons. The van der Waals surface area contributed by atoms with Crippen LogP contribution in [0.3, 0.4) is 0 Å². The molecule has 164 valence electrons. The number of anilines is 1. The van der Waals surface area contributed by atoms with Crippen molar-refractivity contribution in [3.8, 4) is 0 Å². The summed E-state index contributed by atoms with van der Waals surface area (Å²) in [6, 6.07) is 12.2. The Balaban J connectivity index is 1.41. The van der Waals surface area contributed by atoms with Crippen molar-refractivity contribution in [2.24, 2.45) is 0 Å². The molecule has 1 aliphatic heterocycles. The van der Waals surface area contributed by atoms with E-state index in [1.807, 2.05) is 23.9 Å². The number of halogens is 1. The van der Waals surface area contributed by atoms with E-state index in [0.717, 1.165) is 30.2 Å². The summed E-state index contributed by atoms with van der Waals surface area (Å²) in [6.07, 6.45) is 1.59. The van der Waals surface area contributed by atoms with Crippen LogP contribution in [0.4, 0.5) is 5.82 Å². The van der Waals surface area contributed by atoms with Crippen molar-refractivity contribution in [3.63, 3.8) is 0 Å². The molecule has 1 fully saturated rings. The summed E-state index contributed by atoms with van der Waals surface area (Å²) in [5.41, 5.74) is 2.04. The van der Waals surface area contributed by atoms with Crippen LogP contribution in [-0.4, -0.2) is 52.0 Å². The van der Waals surface area contributed by atoms with Gasteiger partial charge in [-0.15, -0.1) is 11.3 Å². The van der Waals surface area contributed by atoms with Gasteiger partial charge in [0.25, 0.3) is 5.91 Å². The van der Waals surface area contributed by atoms with E-state index < -0.39 is 0 Å². The number of benzene rings is 1. The van der Waals surface area contributed by atoms with Crippen LogP contribution in [0.25, 0.3) is 0 Å². The van der Waals surface area contributed by atoms with E-state index in [9.17, 15) is 9.59 Å². The molecule has 3 heterocycles. The van der Waals surface area contributed by atoms with Gasteiger partial charge in [-0.25, -0.2) is 4.98 Å². The summed E-state index contributed by atoms with van der Waals surface area (Å²) in [5.74, 6) is 2.58. The number of hydrogen-bond donors (Lipinski definition) is 2. The number of nitrogens with zero attached hydrogens (tertiary/aromatic N) is 2. The Bertz CT molecular complexity index is 1120. The first-order valence-electron chi connectivity index (χ1n) is 10.1. The lowest BCUT2D eigenvalue weighted by Crippen LogP contribution is -2.37. The molecule has 0 atom stereocenters. The van der Waals surface area contributed by atoms with E-state index in [4.69, 9.17) is 17.0 Å². The van der Waals surface area contributed by atoms with Crippen molar-refractivity contribution in [2.75, 3.05) is 29.9 Å². The molecular formula is C23H21ClN4O2S2. The second-order valence-electron chi connectivity index (χ2n) is 7.22. The van der Waals surface area contributed by atoms with Gasteiger partial charge in [0.15, 0.2) is 5.78 Å². The highest BCUT2D eigenvalue weighted by Gasteiger charge is 2.19. The van der Waals surface area contributed by atoms with Crippen LogP contribution in [0.1, 0.15) is 31.2 Å². The first-order valence-corrected chi connectivity index (χ1v) is 12.5. The number of thiophene rings is 1. The van der Waals surface area contributed by atoms with Gasteiger partial charge in [-0.1, -0.05) is 35.9 Å². The number of nitrogens with one attached hydrogen (secondary N) is 2. The number of carbonyl (C=O) groups is 2. The summed E-state index contributed by atoms with van der Waals surface area (Å²) < 4.78 is 0. The van der Waals surface area contributed by atoms with Crippen LogP contribution < -0.4 is 5.32 Å².